The molecule has 1 N–H and O–H groups in total. The number of hydrogen-bond acceptors (Lipinski definition) is 5. The summed E-state index contributed by atoms with van der Waals surface area (Å²) in [5, 5.41) is 7.83. The molecule has 2 aromatic rings. The van der Waals surface area contributed by atoms with Gasteiger partial charge in [0.2, 0.25) is 0 Å². The van der Waals surface area contributed by atoms with Crippen molar-refractivity contribution in [1.29, 1.82) is 0 Å². The Morgan fingerprint density at radius 1 is 1.29 bits per heavy atom. The molecule has 152 valence electrons. The number of nitrogens with zero attached hydrogens (tertiary/aromatic N) is 3. The second-order valence-electron chi connectivity index (χ2n) is 6.63. The van der Waals surface area contributed by atoms with E-state index in [1.165, 1.54) is 4.90 Å². The van der Waals surface area contributed by atoms with E-state index in [0.717, 1.165) is 31.5 Å². The Morgan fingerprint density at radius 2 is 2.07 bits per heavy atom. The highest BCUT2D eigenvalue weighted by atomic mass is 35.5. The standard InChI is InChI=1S/C20H26N4O3.ClH/c1-2-27-19(25)15-23(14-16-7-4-3-5-8-16)20(26)18-10-12-24(22-18)17-9-6-11-21-13-17;/h3-5,7-8,10,12,17,21H,2,6,9,11,13-15H2,1H3;1H. The summed E-state index contributed by atoms with van der Waals surface area (Å²) in [6.45, 7) is 4.15. The SMILES string of the molecule is CCOC(=O)CN(Cc1ccccc1)C(=O)c1ccn(C2CCCNC2)n1.Cl. The van der Waals surface area contributed by atoms with Gasteiger partial charge in [0.05, 0.1) is 12.6 Å². The first-order chi connectivity index (χ1) is 13.2. The van der Waals surface area contributed by atoms with Crippen LogP contribution in [0.2, 0.25) is 0 Å². The van der Waals surface area contributed by atoms with Gasteiger partial charge in [0.1, 0.15) is 12.2 Å². The van der Waals surface area contributed by atoms with Crippen molar-refractivity contribution in [2.24, 2.45) is 0 Å². The molecule has 0 bridgehead atoms. The lowest BCUT2D eigenvalue weighted by molar-refractivity contribution is -0.143. The second kappa shape index (κ2) is 10.8. The third-order valence-electron chi connectivity index (χ3n) is 4.60. The summed E-state index contributed by atoms with van der Waals surface area (Å²) in [5.74, 6) is -0.688. The molecule has 1 fully saturated rings. The Kier molecular flexibility index (Phi) is 8.47. The summed E-state index contributed by atoms with van der Waals surface area (Å²) in [4.78, 5) is 26.5. The second-order valence-corrected chi connectivity index (χ2v) is 6.63. The maximum absolute atomic E-state index is 13.0. The van der Waals surface area contributed by atoms with Crippen LogP contribution in [0.3, 0.4) is 0 Å². The molecule has 8 heteroatoms. The Labute approximate surface area is 171 Å². The molecule has 1 aromatic heterocycles. The lowest BCUT2D eigenvalue weighted by Gasteiger charge is -2.23. The molecular formula is C20H27ClN4O3. The molecule has 1 atom stereocenters. The number of ether oxygens (including phenoxy) is 1. The number of rotatable bonds is 7. The molecule has 3 rings (SSSR count). The van der Waals surface area contributed by atoms with Gasteiger partial charge in [-0.15, -0.1) is 12.4 Å². The van der Waals surface area contributed by atoms with Crippen molar-refractivity contribution in [3.05, 3.63) is 53.9 Å². The van der Waals surface area contributed by atoms with E-state index in [4.69, 9.17) is 4.74 Å². The van der Waals surface area contributed by atoms with E-state index in [2.05, 4.69) is 10.4 Å². The van der Waals surface area contributed by atoms with E-state index < -0.39 is 5.97 Å². The topological polar surface area (TPSA) is 76.5 Å². The van der Waals surface area contributed by atoms with Crippen molar-refractivity contribution in [3.8, 4) is 0 Å². The summed E-state index contributed by atoms with van der Waals surface area (Å²) < 4.78 is 6.88. The van der Waals surface area contributed by atoms with E-state index in [1.54, 1.807) is 13.0 Å². The molecule has 1 aliphatic rings. The number of benzene rings is 1. The molecule has 1 amide bonds. The highest BCUT2D eigenvalue weighted by Gasteiger charge is 2.23. The van der Waals surface area contributed by atoms with Crippen LogP contribution in [-0.4, -0.2) is 52.8 Å². The zero-order chi connectivity index (χ0) is 19.1. The van der Waals surface area contributed by atoms with Crippen molar-refractivity contribution >= 4 is 24.3 Å². The van der Waals surface area contributed by atoms with E-state index in [1.807, 2.05) is 41.2 Å². The minimum atomic E-state index is -0.419. The lowest BCUT2D eigenvalue weighted by Crippen LogP contribution is -2.36. The van der Waals surface area contributed by atoms with Crippen LogP contribution in [0.1, 0.15) is 41.9 Å². The van der Waals surface area contributed by atoms with Gasteiger partial charge in [0, 0.05) is 19.3 Å². The number of piperidine rings is 1. The van der Waals surface area contributed by atoms with Crippen molar-refractivity contribution in [1.82, 2.24) is 20.0 Å². The van der Waals surface area contributed by atoms with Gasteiger partial charge in [-0.05, 0) is 37.9 Å². The molecule has 1 aliphatic heterocycles. The smallest absolute Gasteiger partial charge is 0.325 e. The van der Waals surface area contributed by atoms with E-state index in [-0.39, 0.29) is 37.5 Å². The van der Waals surface area contributed by atoms with Crippen LogP contribution in [0.5, 0.6) is 0 Å². The van der Waals surface area contributed by atoms with Crippen molar-refractivity contribution in [2.45, 2.75) is 32.4 Å². The van der Waals surface area contributed by atoms with Gasteiger partial charge >= 0.3 is 5.97 Å². The summed E-state index contributed by atoms with van der Waals surface area (Å²) in [7, 11) is 0. The minimum Gasteiger partial charge on any atom is -0.465 e. The molecular weight excluding hydrogens is 380 g/mol. The number of amides is 1. The van der Waals surface area contributed by atoms with Crippen LogP contribution in [0, 0.1) is 0 Å². The zero-order valence-corrected chi connectivity index (χ0v) is 16.9. The van der Waals surface area contributed by atoms with Gasteiger partial charge in [0.15, 0.2) is 0 Å². The number of esters is 1. The van der Waals surface area contributed by atoms with Gasteiger partial charge in [-0.2, -0.15) is 5.10 Å². The predicted octanol–water partition coefficient (Wildman–Crippen LogP) is 2.43. The molecule has 0 saturated carbocycles. The summed E-state index contributed by atoms with van der Waals surface area (Å²) >= 11 is 0. The van der Waals surface area contributed by atoms with E-state index >= 15 is 0 Å². The quantitative estimate of drug-likeness (QED) is 0.714. The highest BCUT2D eigenvalue weighted by molar-refractivity contribution is 5.94. The Balaban J connectivity index is 0.00000280. The third-order valence-corrected chi connectivity index (χ3v) is 4.60. The fourth-order valence-electron chi connectivity index (χ4n) is 3.24. The molecule has 7 nitrogen and oxygen atoms in total. The van der Waals surface area contributed by atoms with Crippen LogP contribution in [0.4, 0.5) is 0 Å². The number of nitrogens with one attached hydrogen (secondary N) is 1. The number of halogens is 1. The van der Waals surface area contributed by atoms with Crippen LogP contribution < -0.4 is 5.32 Å². The fraction of sp³-hybridized carbons (Fsp3) is 0.450. The number of hydrogen-bond donors (Lipinski definition) is 1. The van der Waals surface area contributed by atoms with Crippen molar-refractivity contribution in [3.63, 3.8) is 0 Å². The number of aromatic nitrogens is 2. The average molecular weight is 407 g/mol. The van der Waals surface area contributed by atoms with Gasteiger partial charge in [-0.1, -0.05) is 30.3 Å². The van der Waals surface area contributed by atoms with Crippen LogP contribution in [-0.2, 0) is 16.1 Å². The van der Waals surface area contributed by atoms with Crippen molar-refractivity contribution < 1.29 is 14.3 Å². The number of carbonyl (C=O) groups excluding carboxylic acids is 2. The van der Waals surface area contributed by atoms with Crippen LogP contribution in [0.25, 0.3) is 0 Å². The maximum Gasteiger partial charge on any atom is 0.325 e. The van der Waals surface area contributed by atoms with E-state index in [9.17, 15) is 9.59 Å². The molecule has 1 saturated heterocycles. The molecule has 28 heavy (non-hydrogen) atoms. The number of carbonyl (C=O) groups is 2. The van der Waals surface area contributed by atoms with E-state index in [0.29, 0.717) is 12.2 Å². The summed E-state index contributed by atoms with van der Waals surface area (Å²) in [6.07, 6.45) is 3.98. The summed E-state index contributed by atoms with van der Waals surface area (Å²) in [6, 6.07) is 11.6. The van der Waals surface area contributed by atoms with Gasteiger partial charge < -0.3 is 15.0 Å². The van der Waals surface area contributed by atoms with Crippen molar-refractivity contribution in [2.75, 3.05) is 26.2 Å². The van der Waals surface area contributed by atoms with Gasteiger partial charge in [0.25, 0.3) is 5.91 Å². The van der Waals surface area contributed by atoms with Gasteiger partial charge in [-0.25, -0.2) is 0 Å². The van der Waals surface area contributed by atoms with Crippen LogP contribution >= 0.6 is 12.4 Å². The van der Waals surface area contributed by atoms with Crippen LogP contribution in [0.15, 0.2) is 42.6 Å². The Morgan fingerprint density at radius 3 is 2.75 bits per heavy atom. The molecule has 1 aromatic carbocycles. The largest absolute Gasteiger partial charge is 0.465 e. The average Bonchev–Trinajstić information content (AvgIpc) is 3.19. The predicted molar refractivity (Wildman–Crippen MR) is 108 cm³/mol. The molecule has 0 radical (unpaired) electrons. The highest BCUT2D eigenvalue weighted by Crippen LogP contribution is 2.17. The molecule has 2 heterocycles. The normalized spacial score (nSPS) is 16.1. The third kappa shape index (κ3) is 5.81. The zero-order valence-electron chi connectivity index (χ0n) is 16.0. The first kappa shape index (κ1) is 21.9. The maximum atomic E-state index is 13.0. The Hall–Kier alpha value is -2.38. The minimum absolute atomic E-state index is 0. The van der Waals surface area contributed by atoms with Gasteiger partial charge in [-0.3, -0.25) is 14.3 Å². The first-order valence-corrected chi connectivity index (χ1v) is 9.42. The fourth-order valence-corrected chi connectivity index (χ4v) is 3.24. The monoisotopic (exact) mass is 406 g/mol. The first-order valence-electron chi connectivity index (χ1n) is 9.42. The summed E-state index contributed by atoms with van der Waals surface area (Å²) in [5.41, 5.74) is 1.30. The molecule has 0 spiro atoms. The Bertz CT molecular complexity index is 760. The molecule has 0 aliphatic carbocycles. The molecule has 1 unspecified atom stereocenters. The lowest BCUT2D eigenvalue weighted by atomic mass is 10.1.